The van der Waals surface area contributed by atoms with Crippen LogP contribution in [0.1, 0.15) is 22.3 Å². The molecular weight excluding hydrogens is 629 g/mol. The van der Waals surface area contributed by atoms with Crippen molar-refractivity contribution in [1.29, 1.82) is 0 Å². The average molecular weight is 658 g/mol. The molecule has 2 aliphatic carbocycles. The van der Waals surface area contributed by atoms with Crippen LogP contribution >= 0.6 is 0 Å². The summed E-state index contributed by atoms with van der Waals surface area (Å²) in [6.07, 6.45) is 0. The predicted molar refractivity (Wildman–Crippen MR) is 214 cm³/mol. The van der Waals surface area contributed by atoms with Crippen molar-refractivity contribution in [2.24, 2.45) is 0 Å². The van der Waals surface area contributed by atoms with Crippen LogP contribution in [-0.4, -0.2) is 11.3 Å². The minimum absolute atomic E-state index is 0.0639. The van der Waals surface area contributed by atoms with Crippen molar-refractivity contribution in [2.45, 2.75) is 5.41 Å². The van der Waals surface area contributed by atoms with Gasteiger partial charge in [-0.05, 0) is 90.7 Å². The normalized spacial score (nSPS) is 14.4. The van der Waals surface area contributed by atoms with Crippen molar-refractivity contribution >= 4 is 44.9 Å². The number of para-hydroxylation sites is 3. The first-order chi connectivity index (χ1) is 25.8. The van der Waals surface area contributed by atoms with Crippen LogP contribution in [0.25, 0.3) is 60.9 Å². The van der Waals surface area contributed by atoms with E-state index in [2.05, 4.69) is 174 Å². The van der Waals surface area contributed by atoms with E-state index < -0.39 is 5.41 Å². The third kappa shape index (κ3) is 3.04. The number of aromatic nitrogens is 1. The molecule has 2 nitrogen and oxygen atoms in total. The molecule has 3 heterocycles. The predicted octanol–water partition coefficient (Wildman–Crippen LogP) is 9.73. The zero-order chi connectivity index (χ0) is 33.7. The number of benzene rings is 8. The van der Waals surface area contributed by atoms with E-state index in [9.17, 15) is 0 Å². The Kier molecular flexibility index (Phi) is 4.91. The van der Waals surface area contributed by atoms with Crippen LogP contribution < -0.4 is 21.1 Å². The molecule has 0 saturated heterocycles. The maximum Gasteiger partial charge on any atom is 0.256 e. The molecule has 1 spiro atoms. The van der Waals surface area contributed by atoms with Gasteiger partial charge in [0.05, 0.1) is 10.9 Å². The van der Waals surface area contributed by atoms with Gasteiger partial charge in [0.15, 0.2) is 0 Å². The lowest BCUT2D eigenvalue weighted by atomic mass is 9.34. The van der Waals surface area contributed by atoms with Crippen LogP contribution in [0.15, 0.2) is 170 Å². The number of hydrogen-bond donors (Lipinski definition) is 0. The summed E-state index contributed by atoms with van der Waals surface area (Å²) in [6, 6.07) is 63.2. The van der Waals surface area contributed by atoms with Crippen LogP contribution in [0.2, 0.25) is 0 Å². The van der Waals surface area contributed by atoms with Gasteiger partial charge < -0.3 is 9.30 Å². The van der Waals surface area contributed by atoms with E-state index in [1.807, 2.05) is 0 Å². The monoisotopic (exact) mass is 657 g/mol. The number of fused-ring (bicyclic) bond motifs is 17. The van der Waals surface area contributed by atoms with Gasteiger partial charge in [-0.3, -0.25) is 0 Å². The standard InChI is InChI=1S/C49H28BNO/c1-5-18-37-31(12-1)32-13-2-6-19-38(32)49(37)39-20-7-3-14-33(39)34-27-26-29(28-40(34)49)30-16-9-22-42-48(30)52-45-25-11-24-44-46(45)50(42)41-21-10-17-36-35-15-4-8-23-43(35)51(44)47(36)41/h1-28H. The highest BCUT2D eigenvalue weighted by Gasteiger charge is 2.51. The van der Waals surface area contributed by atoms with Gasteiger partial charge in [-0.25, -0.2) is 0 Å². The average Bonchev–Trinajstić information content (AvgIpc) is 3.82. The number of ether oxygens (including phenoxy) is 1. The third-order valence-corrected chi connectivity index (χ3v) is 12.5. The van der Waals surface area contributed by atoms with Crippen LogP contribution in [0.4, 0.5) is 0 Å². The first-order valence-corrected chi connectivity index (χ1v) is 18.2. The summed E-state index contributed by atoms with van der Waals surface area (Å²) in [6.45, 7) is 0.0639. The molecule has 13 rings (SSSR count). The minimum Gasteiger partial charge on any atom is -0.458 e. The Labute approximate surface area is 301 Å². The summed E-state index contributed by atoms with van der Waals surface area (Å²) < 4.78 is 9.57. The molecule has 2 aliphatic heterocycles. The molecule has 9 aromatic rings. The molecule has 0 unspecified atom stereocenters. The molecule has 0 bridgehead atoms. The highest BCUT2D eigenvalue weighted by atomic mass is 16.5. The topological polar surface area (TPSA) is 14.2 Å². The first kappa shape index (κ1) is 27.2. The Morgan fingerprint density at radius 3 is 1.83 bits per heavy atom. The molecule has 238 valence electrons. The molecule has 4 aliphatic rings. The molecule has 0 N–H and O–H groups in total. The van der Waals surface area contributed by atoms with Gasteiger partial charge >= 0.3 is 0 Å². The van der Waals surface area contributed by atoms with Crippen LogP contribution in [0, 0.1) is 0 Å². The Bertz CT molecular complexity index is 3010. The fourth-order valence-electron chi connectivity index (χ4n) is 10.6. The van der Waals surface area contributed by atoms with Gasteiger partial charge in [-0.2, -0.15) is 0 Å². The van der Waals surface area contributed by atoms with E-state index in [0.717, 1.165) is 17.1 Å². The second kappa shape index (κ2) is 9.40. The molecular formula is C49H28BNO. The Morgan fingerprint density at radius 2 is 1.06 bits per heavy atom. The van der Waals surface area contributed by atoms with Crippen LogP contribution in [0.3, 0.4) is 0 Å². The smallest absolute Gasteiger partial charge is 0.256 e. The SMILES string of the molecule is c1ccc2c(c1)-c1ccccc1C21c2ccccc2-c2ccc(-c3cccc4c3Oc3cccc5c3B4c3cccc4c6ccccc6n-5c34)cc21. The lowest BCUT2D eigenvalue weighted by Gasteiger charge is -2.34. The van der Waals surface area contributed by atoms with Gasteiger partial charge in [0.1, 0.15) is 11.5 Å². The zero-order valence-corrected chi connectivity index (χ0v) is 28.1. The summed E-state index contributed by atoms with van der Waals surface area (Å²) in [5, 5.41) is 2.59. The molecule has 52 heavy (non-hydrogen) atoms. The van der Waals surface area contributed by atoms with Gasteiger partial charge in [0.2, 0.25) is 0 Å². The lowest BCUT2D eigenvalue weighted by Crippen LogP contribution is -2.58. The van der Waals surface area contributed by atoms with Crippen LogP contribution in [-0.2, 0) is 5.41 Å². The summed E-state index contributed by atoms with van der Waals surface area (Å²) >= 11 is 0. The second-order valence-electron chi connectivity index (χ2n) is 14.7. The first-order valence-electron chi connectivity index (χ1n) is 18.2. The summed E-state index contributed by atoms with van der Waals surface area (Å²) in [4.78, 5) is 0. The maximum absolute atomic E-state index is 7.11. The van der Waals surface area contributed by atoms with E-state index in [4.69, 9.17) is 4.74 Å². The molecule has 0 saturated carbocycles. The molecule has 0 atom stereocenters. The molecule has 1 aromatic heterocycles. The molecule has 8 aromatic carbocycles. The Hall–Kier alpha value is -6.58. The number of rotatable bonds is 1. The van der Waals surface area contributed by atoms with Crippen molar-refractivity contribution in [3.05, 3.63) is 192 Å². The van der Waals surface area contributed by atoms with Gasteiger partial charge in [0, 0.05) is 27.5 Å². The second-order valence-corrected chi connectivity index (χ2v) is 14.7. The summed E-state index contributed by atoms with van der Waals surface area (Å²) in [5.74, 6) is 1.89. The summed E-state index contributed by atoms with van der Waals surface area (Å²) in [5.41, 5.74) is 20.1. The van der Waals surface area contributed by atoms with Crippen molar-refractivity contribution in [3.63, 3.8) is 0 Å². The largest absolute Gasteiger partial charge is 0.458 e. The lowest BCUT2D eigenvalue weighted by molar-refractivity contribution is 0.489. The fourth-order valence-corrected chi connectivity index (χ4v) is 10.6. The minimum atomic E-state index is -0.390. The molecule has 0 amide bonds. The van der Waals surface area contributed by atoms with E-state index in [-0.39, 0.29) is 6.71 Å². The quantitative estimate of drug-likeness (QED) is 0.160. The third-order valence-electron chi connectivity index (χ3n) is 12.5. The fraction of sp³-hybridized carbons (Fsp3) is 0.0204. The van der Waals surface area contributed by atoms with E-state index in [1.54, 1.807) is 0 Å². The van der Waals surface area contributed by atoms with Crippen molar-refractivity contribution in [2.75, 3.05) is 0 Å². The van der Waals surface area contributed by atoms with Gasteiger partial charge in [0.25, 0.3) is 6.71 Å². The highest BCUT2D eigenvalue weighted by Crippen LogP contribution is 2.63. The van der Waals surface area contributed by atoms with E-state index in [0.29, 0.717) is 0 Å². The highest BCUT2D eigenvalue weighted by molar-refractivity contribution is 6.99. The van der Waals surface area contributed by atoms with E-state index in [1.165, 1.54) is 94.0 Å². The molecule has 0 radical (unpaired) electrons. The van der Waals surface area contributed by atoms with Crippen LogP contribution in [0.5, 0.6) is 11.5 Å². The molecule has 0 fully saturated rings. The van der Waals surface area contributed by atoms with Gasteiger partial charge in [-0.15, -0.1) is 0 Å². The van der Waals surface area contributed by atoms with Crippen molar-refractivity contribution < 1.29 is 4.74 Å². The Balaban J connectivity index is 1.07. The maximum atomic E-state index is 7.11. The zero-order valence-electron chi connectivity index (χ0n) is 28.1. The number of hydrogen-bond acceptors (Lipinski definition) is 1. The van der Waals surface area contributed by atoms with Crippen molar-refractivity contribution in [1.82, 2.24) is 4.57 Å². The van der Waals surface area contributed by atoms with Crippen molar-refractivity contribution in [3.8, 4) is 50.6 Å². The molecule has 3 heteroatoms. The Morgan fingerprint density at radius 1 is 0.462 bits per heavy atom. The number of nitrogens with zero attached hydrogens (tertiary/aromatic N) is 1. The summed E-state index contributed by atoms with van der Waals surface area (Å²) in [7, 11) is 0. The van der Waals surface area contributed by atoms with E-state index >= 15 is 0 Å². The van der Waals surface area contributed by atoms with Gasteiger partial charge in [-0.1, -0.05) is 146 Å².